The molecule has 55 heavy (non-hydrogen) atoms. The van der Waals surface area contributed by atoms with Gasteiger partial charge in [0.15, 0.2) is 17.5 Å². The molecule has 258 valence electrons. The van der Waals surface area contributed by atoms with E-state index in [1.807, 2.05) is 24.3 Å². The van der Waals surface area contributed by atoms with Gasteiger partial charge < -0.3 is 0 Å². The van der Waals surface area contributed by atoms with Crippen LogP contribution in [0, 0.1) is 0 Å². The van der Waals surface area contributed by atoms with Gasteiger partial charge in [-0.2, -0.15) is 0 Å². The van der Waals surface area contributed by atoms with Crippen molar-refractivity contribution < 1.29 is 0 Å². The van der Waals surface area contributed by atoms with Crippen LogP contribution in [0.25, 0.3) is 67.5 Å². The van der Waals surface area contributed by atoms with Crippen LogP contribution in [-0.4, -0.2) is 15.0 Å². The average molecular weight is 702 g/mol. The predicted octanol–water partition coefficient (Wildman–Crippen LogP) is 12.6. The first-order valence-corrected chi connectivity index (χ1v) is 18.7. The molecule has 1 aliphatic carbocycles. The molecule has 8 aromatic carbocycles. The molecule has 0 N–H and O–H groups in total. The normalized spacial score (nSPS) is 12.5. The molecule has 0 radical (unpaired) electrons. The highest BCUT2D eigenvalue weighted by Gasteiger charge is 2.47. The Bertz CT molecular complexity index is 2740. The molecule has 1 aromatic heterocycles. The Balaban J connectivity index is 1.15. The lowest BCUT2D eigenvalue weighted by Gasteiger charge is -2.35. The maximum absolute atomic E-state index is 5.14. The molecule has 1 aliphatic rings. The Kier molecular flexibility index (Phi) is 8.04. The van der Waals surface area contributed by atoms with Crippen LogP contribution >= 0.6 is 0 Å². The van der Waals surface area contributed by atoms with Crippen molar-refractivity contribution >= 4 is 0 Å². The van der Waals surface area contributed by atoms with E-state index in [1.54, 1.807) is 0 Å². The molecule has 9 aromatic rings. The minimum atomic E-state index is -0.520. The monoisotopic (exact) mass is 701 g/mol. The fraction of sp³-hybridized carbons (Fsp3) is 0.0192. The lowest BCUT2D eigenvalue weighted by atomic mass is 9.66. The van der Waals surface area contributed by atoms with Crippen molar-refractivity contribution in [1.82, 2.24) is 15.0 Å². The molecule has 1 heterocycles. The van der Waals surface area contributed by atoms with E-state index in [1.165, 1.54) is 44.5 Å². The van der Waals surface area contributed by atoms with Crippen LogP contribution in [0.2, 0.25) is 0 Å². The highest BCUT2D eigenvalue weighted by atomic mass is 15.0. The zero-order valence-electron chi connectivity index (χ0n) is 30.0. The highest BCUT2D eigenvalue weighted by Crippen LogP contribution is 2.58. The number of rotatable bonds is 7. The standard InChI is InChI=1S/C52H35N3/c1-5-17-36(18-6-1)37-31-33-39(34-32-37)50-53-49(38-19-7-2-8-20-38)54-51(55-50)41-22-15-21-40(35-41)44-28-16-29-46-45-27-13-14-30-47(45)52(48(44)46,42-23-9-3-10-24-42)43-25-11-4-12-26-43/h1-35H. The van der Waals surface area contributed by atoms with E-state index in [4.69, 9.17) is 15.0 Å². The summed E-state index contributed by atoms with van der Waals surface area (Å²) >= 11 is 0. The number of hydrogen-bond donors (Lipinski definition) is 0. The van der Waals surface area contributed by atoms with Gasteiger partial charge in [0.1, 0.15) is 0 Å². The van der Waals surface area contributed by atoms with Crippen molar-refractivity contribution in [2.75, 3.05) is 0 Å². The Labute approximate surface area is 321 Å². The van der Waals surface area contributed by atoms with Crippen molar-refractivity contribution in [1.29, 1.82) is 0 Å². The van der Waals surface area contributed by atoms with Gasteiger partial charge in [-0.05, 0) is 61.7 Å². The number of hydrogen-bond acceptors (Lipinski definition) is 3. The van der Waals surface area contributed by atoms with Crippen LogP contribution in [0.3, 0.4) is 0 Å². The van der Waals surface area contributed by atoms with E-state index in [0.717, 1.165) is 27.8 Å². The molecule has 0 spiro atoms. The molecule has 3 nitrogen and oxygen atoms in total. The molecule has 0 saturated heterocycles. The summed E-state index contributed by atoms with van der Waals surface area (Å²) in [5.74, 6) is 1.91. The van der Waals surface area contributed by atoms with Gasteiger partial charge in [0.05, 0.1) is 5.41 Å². The minimum absolute atomic E-state index is 0.520. The van der Waals surface area contributed by atoms with Gasteiger partial charge in [-0.1, -0.05) is 206 Å². The maximum atomic E-state index is 5.14. The molecule has 3 heteroatoms. The molecule has 0 aliphatic heterocycles. The smallest absolute Gasteiger partial charge is 0.164 e. The Morgan fingerprint density at radius 3 is 1.31 bits per heavy atom. The van der Waals surface area contributed by atoms with Gasteiger partial charge in [0.2, 0.25) is 0 Å². The third kappa shape index (κ3) is 5.57. The second kappa shape index (κ2) is 13.6. The lowest BCUT2D eigenvalue weighted by Crippen LogP contribution is -2.29. The zero-order chi connectivity index (χ0) is 36.6. The topological polar surface area (TPSA) is 38.7 Å². The first kappa shape index (κ1) is 32.4. The Morgan fingerprint density at radius 1 is 0.273 bits per heavy atom. The second-order valence-corrected chi connectivity index (χ2v) is 14.0. The summed E-state index contributed by atoms with van der Waals surface area (Å²) in [4.78, 5) is 15.3. The van der Waals surface area contributed by atoms with E-state index >= 15 is 0 Å². The van der Waals surface area contributed by atoms with Crippen LogP contribution in [-0.2, 0) is 5.41 Å². The summed E-state index contributed by atoms with van der Waals surface area (Å²) in [5.41, 5.74) is 14.5. The van der Waals surface area contributed by atoms with Gasteiger partial charge in [-0.15, -0.1) is 0 Å². The third-order valence-corrected chi connectivity index (χ3v) is 10.8. The van der Waals surface area contributed by atoms with Gasteiger partial charge in [-0.25, -0.2) is 15.0 Å². The third-order valence-electron chi connectivity index (χ3n) is 10.8. The van der Waals surface area contributed by atoms with E-state index in [9.17, 15) is 0 Å². The van der Waals surface area contributed by atoms with E-state index in [2.05, 4.69) is 188 Å². The largest absolute Gasteiger partial charge is 0.208 e. The molecule has 0 unspecified atom stereocenters. The minimum Gasteiger partial charge on any atom is -0.208 e. The molecule has 0 saturated carbocycles. The summed E-state index contributed by atoms with van der Waals surface area (Å²) in [5, 5.41) is 0. The fourth-order valence-corrected chi connectivity index (χ4v) is 8.36. The van der Waals surface area contributed by atoms with Gasteiger partial charge >= 0.3 is 0 Å². The molecule has 10 rings (SSSR count). The van der Waals surface area contributed by atoms with Crippen LogP contribution < -0.4 is 0 Å². The van der Waals surface area contributed by atoms with Crippen molar-refractivity contribution in [3.63, 3.8) is 0 Å². The summed E-state index contributed by atoms with van der Waals surface area (Å²) in [6, 6.07) is 75.3. The van der Waals surface area contributed by atoms with Gasteiger partial charge in [-0.3, -0.25) is 0 Å². The maximum Gasteiger partial charge on any atom is 0.164 e. The highest BCUT2D eigenvalue weighted by molar-refractivity contribution is 5.93. The van der Waals surface area contributed by atoms with Crippen molar-refractivity contribution in [2.45, 2.75) is 5.41 Å². The van der Waals surface area contributed by atoms with E-state index in [0.29, 0.717) is 17.5 Å². The molecule has 0 bridgehead atoms. The summed E-state index contributed by atoms with van der Waals surface area (Å²) in [7, 11) is 0. The fourth-order valence-electron chi connectivity index (χ4n) is 8.36. The predicted molar refractivity (Wildman–Crippen MR) is 224 cm³/mol. The molecular weight excluding hydrogens is 667 g/mol. The molecule has 0 amide bonds. The molecular formula is C52H35N3. The average Bonchev–Trinajstić information content (AvgIpc) is 3.59. The van der Waals surface area contributed by atoms with Crippen LogP contribution in [0.5, 0.6) is 0 Å². The van der Waals surface area contributed by atoms with Gasteiger partial charge in [0, 0.05) is 16.7 Å². The Hall–Kier alpha value is -7.23. The number of nitrogens with zero attached hydrogens (tertiary/aromatic N) is 3. The van der Waals surface area contributed by atoms with E-state index < -0.39 is 5.41 Å². The summed E-state index contributed by atoms with van der Waals surface area (Å²) < 4.78 is 0. The number of fused-ring (bicyclic) bond motifs is 3. The Morgan fingerprint density at radius 2 is 0.673 bits per heavy atom. The SMILES string of the molecule is c1ccc(-c2ccc(-c3nc(-c4ccccc4)nc(-c4cccc(-c5cccc6c5C(c5ccccc5)(c5ccccc5)c5ccccc5-6)c4)n3)cc2)cc1. The van der Waals surface area contributed by atoms with Crippen molar-refractivity contribution in [3.05, 3.63) is 235 Å². The molecule has 0 fully saturated rings. The zero-order valence-corrected chi connectivity index (χ0v) is 30.0. The lowest BCUT2D eigenvalue weighted by molar-refractivity contribution is 0.770. The number of aromatic nitrogens is 3. The van der Waals surface area contributed by atoms with Crippen molar-refractivity contribution in [2.24, 2.45) is 0 Å². The number of benzene rings is 8. The molecule has 0 atom stereocenters. The van der Waals surface area contributed by atoms with Crippen LogP contribution in [0.15, 0.2) is 212 Å². The summed E-state index contributed by atoms with van der Waals surface area (Å²) in [6.07, 6.45) is 0. The van der Waals surface area contributed by atoms with Crippen LogP contribution in [0.4, 0.5) is 0 Å². The first-order chi connectivity index (χ1) is 27.3. The van der Waals surface area contributed by atoms with E-state index in [-0.39, 0.29) is 0 Å². The first-order valence-electron chi connectivity index (χ1n) is 18.7. The van der Waals surface area contributed by atoms with Gasteiger partial charge in [0.25, 0.3) is 0 Å². The van der Waals surface area contributed by atoms with Crippen LogP contribution in [0.1, 0.15) is 22.3 Å². The quantitative estimate of drug-likeness (QED) is 0.166. The summed E-state index contributed by atoms with van der Waals surface area (Å²) in [6.45, 7) is 0. The van der Waals surface area contributed by atoms with Crippen molar-refractivity contribution in [3.8, 4) is 67.5 Å². The second-order valence-electron chi connectivity index (χ2n) is 14.0.